The van der Waals surface area contributed by atoms with Crippen molar-refractivity contribution in [1.82, 2.24) is 10.6 Å². The zero-order chi connectivity index (χ0) is 9.54. The smallest absolute Gasteiger partial charge is 0.167 e. The largest absolute Gasteiger partial charge is 0.358 e. The molecule has 1 heterocycles. The number of hydrogen-bond donors (Lipinski definition) is 2. The minimum atomic E-state index is 0.396. The zero-order valence-corrected chi connectivity index (χ0v) is 8.60. The second-order valence-corrected chi connectivity index (χ2v) is 4.35. The second-order valence-electron chi connectivity index (χ2n) is 3.94. The average molecular weight is 204 g/mol. The van der Waals surface area contributed by atoms with Gasteiger partial charge in [-0.3, -0.25) is 0 Å². The molecule has 1 aliphatic heterocycles. The molecule has 1 aromatic carbocycles. The van der Waals surface area contributed by atoms with Gasteiger partial charge in [-0.15, -0.1) is 0 Å². The van der Waals surface area contributed by atoms with Crippen LogP contribution in [0.4, 0.5) is 0 Å². The van der Waals surface area contributed by atoms with E-state index in [1.165, 1.54) is 17.5 Å². The molecule has 2 nitrogen and oxygen atoms in total. The maximum Gasteiger partial charge on any atom is 0.167 e. The van der Waals surface area contributed by atoms with Gasteiger partial charge in [0.05, 0.1) is 12.1 Å². The summed E-state index contributed by atoms with van der Waals surface area (Å²) in [5.74, 6) is 0. The normalized spacial score (nSPS) is 28.7. The van der Waals surface area contributed by atoms with Gasteiger partial charge in [0.25, 0.3) is 0 Å². The standard InChI is InChI=1S/C11H12N2S/c14-11-12-9-6-5-7-3-1-2-4-8(7)10(9)13-11/h1-4,9-10H,5-6H2,(H2,12,13,14)/t9-,10-/m0/s1. The van der Waals surface area contributed by atoms with Crippen LogP contribution in [-0.2, 0) is 6.42 Å². The Labute approximate surface area is 88.7 Å². The molecule has 3 heteroatoms. The summed E-state index contributed by atoms with van der Waals surface area (Å²) in [6, 6.07) is 9.53. The third-order valence-electron chi connectivity index (χ3n) is 3.12. The summed E-state index contributed by atoms with van der Waals surface area (Å²) in [6.07, 6.45) is 2.34. The van der Waals surface area contributed by atoms with Crippen LogP contribution in [0.2, 0.25) is 0 Å². The van der Waals surface area contributed by atoms with Gasteiger partial charge in [-0.1, -0.05) is 24.3 Å². The molecule has 3 rings (SSSR count). The first-order chi connectivity index (χ1) is 6.84. The molecule has 1 fully saturated rings. The monoisotopic (exact) mass is 204 g/mol. The van der Waals surface area contributed by atoms with Gasteiger partial charge >= 0.3 is 0 Å². The Bertz CT molecular complexity index is 389. The molecule has 2 atom stereocenters. The van der Waals surface area contributed by atoms with Crippen LogP contribution >= 0.6 is 12.2 Å². The van der Waals surface area contributed by atoms with Crippen LogP contribution in [0.5, 0.6) is 0 Å². The van der Waals surface area contributed by atoms with E-state index in [0.29, 0.717) is 12.1 Å². The summed E-state index contributed by atoms with van der Waals surface area (Å²) >= 11 is 5.14. The molecule has 0 saturated carbocycles. The Kier molecular flexibility index (Phi) is 1.74. The highest BCUT2D eigenvalue weighted by molar-refractivity contribution is 7.80. The fourth-order valence-corrected chi connectivity index (χ4v) is 2.72. The predicted molar refractivity (Wildman–Crippen MR) is 60.2 cm³/mol. The van der Waals surface area contributed by atoms with E-state index in [2.05, 4.69) is 34.9 Å². The van der Waals surface area contributed by atoms with Crippen LogP contribution in [0.25, 0.3) is 0 Å². The van der Waals surface area contributed by atoms with E-state index in [9.17, 15) is 0 Å². The molecule has 0 aromatic heterocycles. The van der Waals surface area contributed by atoms with Crippen LogP contribution in [0.3, 0.4) is 0 Å². The van der Waals surface area contributed by atoms with Crippen molar-refractivity contribution >= 4 is 17.3 Å². The highest BCUT2D eigenvalue weighted by atomic mass is 32.1. The van der Waals surface area contributed by atoms with Crippen molar-refractivity contribution in [2.45, 2.75) is 24.9 Å². The number of aryl methyl sites for hydroxylation is 1. The SMILES string of the molecule is S=C1N[C@H]2CCc3ccccc3[C@@H]2N1. The third-order valence-corrected chi connectivity index (χ3v) is 3.36. The van der Waals surface area contributed by atoms with E-state index in [1.807, 2.05) is 0 Å². The molecule has 0 unspecified atom stereocenters. The molecule has 0 bridgehead atoms. The summed E-state index contributed by atoms with van der Waals surface area (Å²) in [5, 5.41) is 7.45. The van der Waals surface area contributed by atoms with Crippen molar-refractivity contribution in [3.05, 3.63) is 35.4 Å². The minimum Gasteiger partial charge on any atom is -0.358 e. The van der Waals surface area contributed by atoms with Crippen LogP contribution < -0.4 is 10.6 Å². The van der Waals surface area contributed by atoms with Gasteiger partial charge in [0.1, 0.15) is 0 Å². The first-order valence-electron chi connectivity index (χ1n) is 4.99. The molecule has 2 N–H and O–H groups in total. The van der Waals surface area contributed by atoms with Crippen molar-refractivity contribution in [3.8, 4) is 0 Å². The number of nitrogens with one attached hydrogen (secondary N) is 2. The van der Waals surface area contributed by atoms with Crippen LogP contribution in [-0.4, -0.2) is 11.2 Å². The Morgan fingerprint density at radius 2 is 2.07 bits per heavy atom. The number of hydrogen-bond acceptors (Lipinski definition) is 1. The number of rotatable bonds is 0. The first-order valence-corrected chi connectivity index (χ1v) is 5.40. The van der Waals surface area contributed by atoms with E-state index in [1.54, 1.807) is 0 Å². The fourth-order valence-electron chi connectivity index (χ4n) is 2.44. The number of thiocarbonyl (C=S) groups is 1. The van der Waals surface area contributed by atoms with Crippen molar-refractivity contribution in [3.63, 3.8) is 0 Å². The van der Waals surface area contributed by atoms with Gasteiger partial charge in [-0.25, -0.2) is 0 Å². The molecule has 0 amide bonds. The van der Waals surface area contributed by atoms with Gasteiger partial charge in [0, 0.05) is 0 Å². The maximum absolute atomic E-state index is 5.14. The molecule has 1 saturated heterocycles. The summed E-state index contributed by atoms with van der Waals surface area (Å²) in [7, 11) is 0. The third kappa shape index (κ3) is 1.12. The summed E-state index contributed by atoms with van der Waals surface area (Å²) in [5.41, 5.74) is 2.88. The fraction of sp³-hybridized carbons (Fsp3) is 0.364. The summed E-state index contributed by atoms with van der Waals surface area (Å²) < 4.78 is 0. The van der Waals surface area contributed by atoms with Gasteiger partial charge in [0.15, 0.2) is 5.11 Å². The Morgan fingerprint density at radius 3 is 3.00 bits per heavy atom. The zero-order valence-electron chi connectivity index (χ0n) is 7.79. The van der Waals surface area contributed by atoms with Crippen LogP contribution in [0.15, 0.2) is 24.3 Å². The van der Waals surface area contributed by atoms with Crippen molar-refractivity contribution in [2.24, 2.45) is 0 Å². The molecule has 14 heavy (non-hydrogen) atoms. The van der Waals surface area contributed by atoms with Gasteiger partial charge < -0.3 is 10.6 Å². The van der Waals surface area contributed by atoms with Crippen molar-refractivity contribution < 1.29 is 0 Å². The minimum absolute atomic E-state index is 0.396. The topological polar surface area (TPSA) is 24.1 Å². The van der Waals surface area contributed by atoms with Crippen LogP contribution in [0.1, 0.15) is 23.6 Å². The highest BCUT2D eigenvalue weighted by Gasteiger charge is 2.34. The summed E-state index contributed by atoms with van der Waals surface area (Å²) in [4.78, 5) is 0. The summed E-state index contributed by atoms with van der Waals surface area (Å²) in [6.45, 7) is 0. The quantitative estimate of drug-likeness (QED) is 0.627. The molecule has 1 aliphatic carbocycles. The van der Waals surface area contributed by atoms with Crippen LogP contribution in [0, 0.1) is 0 Å². The second kappa shape index (κ2) is 2.95. The molecule has 0 radical (unpaired) electrons. The average Bonchev–Trinajstić information content (AvgIpc) is 2.59. The number of fused-ring (bicyclic) bond motifs is 3. The highest BCUT2D eigenvalue weighted by Crippen LogP contribution is 2.32. The van der Waals surface area contributed by atoms with Crippen molar-refractivity contribution in [2.75, 3.05) is 0 Å². The predicted octanol–water partition coefficient (Wildman–Crippen LogP) is 1.52. The van der Waals surface area contributed by atoms with Gasteiger partial charge in [0.2, 0.25) is 0 Å². The maximum atomic E-state index is 5.14. The first kappa shape index (κ1) is 8.24. The lowest BCUT2D eigenvalue weighted by molar-refractivity contribution is 0.466. The molecule has 2 aliphatic rings. The lowest BCUT2D eigenvalue weighted by Gasteiger charge is -2.26. The molecule has 0 spiro atoms. The Hall–Kier alpha value is -1.09. The lowest BCUT2D eigenvalue weighted by Crippen LogP contribution is -2.31. The van der Waals surface area contributed by atoms with Gasteiger partial charge in [-0.05, 0) is 36.2 Å². The van der Waals surface area contributed by atoms with E-state index in [-0.39, 0.29) is 0 Å². The number of benzene rings is 1. The molecule has 72 valence electrons. The molecule has 1 aromatic rings. The van der Waals surface area contributed by atoms with E-state index >= 15 is 0 Å². The van der Waals surface area contributed by atoms with Crippen molar-refractivity contribution in [1.29, 1.82) is 0 Å². The molecular formula is C11H12N2S. The van der Waals surface area contributed by atoms with Gasteiger partial charge in [-0.2, -0.15) is 0 Å². The van der Waals surface area contributed by atoms with E-state index in [0.717, 1.165) is 11.5 Å². The molecular weight excluding hydrogens is 192 g/mol. The Balaban J connectivity index is 2.05. The lowest BCUT2D eigenvalue weighted by atomic mass is 9.85. The van der Waals surface area contributed by atoms with E-state index < -0.39 is 0 Å². The Morgan fingerprint density at radius 1 is 1.21 bits per heavy atom. The van der Waals surface area contributed by atoms with E-state index in [4.69, 9.17) is 12.2 Å².